The fourth-order valence-corrected chi connectivity index (χ4v) is 4.12. The number of nitrogens with zero attached hydrogens (tertiary/aromatic N) is 6. The van der Waals surface area contributed by atoms with Gasteiger partial charge in [-0.15, -0.1) is 0 Å². The second-order valence-corrected chi connectivity index (χ2v) is 8.68. The molecule has 1 aromatic carbocycles. The number of benzene rings is 1. The lowest BCUT2D eigenvalue weighted by molar-refractivity contribution is 0.0991. The molecule has 1 fully saturated rings. The second-order valence-electron chi connectivity index (χ2n) is 8.24. The van der Waals surface area contributed by atoms with Crippen molar-refractivity contribution in [3.05, 3.63) is 77.6 Å². The molecular weight excluding hydrogens is 436 g/mol. The number of pyridine rings is 2. The molecule has 1 aliphatic rings. The van der Waals surface area contributed by atoms with E-state index >= 15 is 0 Å². The Morgan fingerprint density at radius 3 is 2.64 bits per heavy atom. The van der Waals surface area contributed by atoms with Gasteiger partial charge in [0.1, 0.15) is 11.6 Å². The van der Waals surface area contributed by atoms with Gasteiger partial charge in [-0.25, -0.2) is 15.0 Å². The molecule has 0 bridgehead atoms. The number of carbonyl (C=O) groups excluding carboxylic acids is 1. The smallest absolute Gasteiger partial charge is 0.170 e. The molecule has 7 nitrogen and oxygen atoms in total. The summed E-state index contributed by atoms with van der Waals surface area (Å²) in [4.78, 5) is 35.2. The van der Waals surface area contributed by atoms with E-state index in [1.54, 1.807) is 30.9 Å². The molecule has 0 N–H and O–H groups in total. The van der Waals surface area contributed by atoms with Gasteiger partial charge in [-0.2, -0.15) is 0 Å². The van der Waals surface area contributed by atoms with Gasteiger partial charge < -0.3 is 9.80 Å². The standard InChI is InChI=1S/C25H23ClN6O/c1-31-6-8-32(9-7-31)25-12-18(4-5-28-25)23(33)13-24-29-15-19-3-2-17(11-22(19)30-24)20-10-21(26)16-27-14-20/h2-5,10-12,14-16H,6-9,13H2,1H3. The summed E-state index contributed by atoms with van der Waals surface area (Å²) >= 11 is 6.09. The van der Waals surface area contributed by atoms with Crippen molar-refractivity contribution in [1.29, 1.82) is 0 Å². The Bertz CT molecular complexity index is 1320. The van der Waals surface area contributed by atoms with Crippen molar-refractivity contribution in [2.75, 3.05) is 38.1 Å². The lowest BCUT2D eigenvalue weighted by Gasteiger charge is -2.33. The first-order chi connectivity index (χ1) is 16.0. The van der Waals surface area contributed by atoms with Crippen LogP contribution in [0.1, 0.15) is 16.2 Å². The Kier molecular flexibility index (Phi) is 5.98. The molecule has 0 amide bonds. The Hall–Kier alpha value is -3.42. The number of rotatable bonds is 5. The molecule has 0 atom stereocenters. The highest BCUT2D eigenvalue weighted by molar-refractivity contribution is 6.30. The third kappa shape index (κ3) is 4.84. The molecule has 1 aliphatic heterocycles. The van der Waals surface area contributed by atoms with Gasteiger partial charge >= 0.3 is 0 Å². The van der Waals surface area contributed by atoms with Crippen LogP contribution in [0.5, 0.6) is 0 Å². The number of Topliss-reactive ketones (excluding diaryl/α,β-unsaturated/α-hetero) is 1. The predicted octanol–water partition coefficient (Wildman–Crippen LogP) is 3.92. The largest absolute Gasteiger partial charge is 0.354 e. The maximum Gasteiger partial charge on any atom is 0.170 e. The van der Waals surface area contributed by atoms with Gasteiger partial charge in [-0.05, 0) is 36.9 Å². The number of ketones is 1. The lowest BCUT2D eigenvalue weighted by Crippen LogP contribution is -2.44. The molecular formula is C25H23ClN6O. The maximum atomic E-state index is 13.0. The molecule has 4 heterocycles. The number of anilines is 1. The molecule has 4 aromatic rings. The van der Waals surface area contributed by atoms with E-state index in [1.165, 1.54) is 0 Å². The SMILES string of the molecule is CN1CCN(c2cc(C(=O)Cc3ncc4ccc(-c5cncc(Cl)c5)cc4n3)ccn2)CC1. The van der Waals surface area contributed by atoms with Crippen molar-refractivity contribution in [3.8, 4) is 11.1 Å². The van der Waals surface area contributed by atoms with Crippen molar-refractivity contribution in [3.63, 3.8) is 0 Å². The van der Waals surface area contributed by atoms with E-state index in [9.17, 15) is 4.79 Å². The van der Waals surface area contributed by atoms with Gasteiger partial charge in [0.25, 0.3) is 0 Å². The number of hydrogen-bond acceptors (Lipinski definition) is 7. The van der Waals surface area contributed by atoms with Gasteiger partial charge in [-0.1, -0.05) is 23.7 Å². The number of likely N-dealkylation sites (N-methyl/N-ethyl adjacent to an activating group) is 1. The zero-order chi connectivity index (χ0) is 22.8. The first-order valence-corrected chi connectivity index (χ1v) is 11.2. The molecule has 0 aliphatic carbocycles. The normalized spacial score (nSPS) is 14.5. The quantitative estimate of drug-likeness (QED) is 0.419. The van der Waals surface area contributed by atoms with Crippen molar-refractivity contribution in [1.82, 2.24) is 24.8 Å². The van der Waals surface area contributed by atoms with Gasteiger partial charge in [0.15, 0.2) is 5.78 Å². The van der Waals surface area contributed by atoms with Crippen LogP contribution in [0.15, 0.2) is 61.2 Å². The highest BCUT2D eigenvalue weighted by atomic mass is 35.5. The van der Waals surface area contributed by atoms with Gasteiger partial charge in [-0.3, -0.25) is 9.78 Å². The third-order valence-corrected chi connectivity index (χ3v) is 6.09. The molecule has 33 heavy (non-hydrogen) atoms. The first-order valence-electron chi connectivity index (χ1n) is 10.8. The topological polar surface area (TPSA) is 75.1 Å². The van der Waals surface area contributed by atoms with Gasteiger partial charge in [0, 0.05) is 67.5 Å². The fraction of sp³-hybridized carbons (Fsp3) is 0.240. The number of aromatic nitrogens is 4. The summed E-state index contributed by atoms with van der Waals surface area (Å²) in [5, 5.41) is 1.49. The van der Waals surface area contributed by atoms with E-state index in [-0.39, 0.29) is 12.2 Å². The predicted molar refractivity (Wildman–Crippen MR) is 130 cm³/mol. The zero-order valence-electron chi connectivity index (χ0n) is 18.3. The monoisotopic (exact) mass is 458 g/mol. The molecule has 0 saturated carbocycles. The average Bonchev–Trinajstić information content (AvgIpc) is 2.84. The summed E-state index contributed by atoms with van der Waals surface area (Å²) in [6.45, 7) is 3.77. The van der Waals surface area contributed by atoms with Crippen LogP contribution in [-0.2, 0) is 6.42 Å². The Balaban J connectivity index is 1.36. The molecule has 0 radical (unpaired) electrons. The molecule has 5 rings (SSSR count). The van der Waals surface area contributed by atoms with E-state index in [0.29, 0.717) is 16.4 Å². The highest BCUT2D eigenvalue weighted by Gasteiger charge is 2.17. The van der Waals surface area contributed by atoms with Crippen LogP contribution in [0.4, 0.5) is 5.82 Å². The van der Waals surface area contributed by atoms with Crippen LogP contribution in [0.2, 0.25) is 5.02 Å². The van der Waals surface area contributed by atoms with Gasteiger partial charge in [0.05, 0.1) is 17.0 Å². The summed E-state index contributed by atoms with van der Waals surface area (Å²) in [6, 6.07) is 11.4. The Morgan fingerprint density at radius 1 is 0.970 bits per heavy atom. The summed E-state index contributed by atoms with van der Waals surface area (Å²) < 4.78 is 0. The van der Waals surface area contributed by atoms with Crippen molar-refractivity contribution in [2.24, 2.45) is 0 Å². The van der Waals surface area contributed by atoms with E-state index in [4.69, 9.17) is 11.6 Å². The first kappa shape index (κ1) is 21.4. The summed E-state index contributed by atoms with van der Waals surface area (Å²) in [6.07, 6.45) is 6.96. The van der Waals surface area contributed by atoms with E-state index in [1.807, 2.05) is 30.3 Å². The van der Waals surface area contributed by atoms with Crippen LogP contribution in [0, 0.1) is 0 Å². The Morgan fingerprint density at radius 2 is 1.82 bits per heavy atom. The number of halogens is 1. The maximum absolute atomic E-state index is 13.0. The minimum atomic E-state index is -0.0256. The van der Waals surface area contributed by atoms with Crippen LogP contribution < -0.4 is 4.90 Å². The van der Waals surface area contributed by atoms with Crippen LogP contribution in [0.25, 0.3) is 22.0 Å². The second kappa shape index (κ2) is 9.21. The molecule has 0 spiro atoms. The van der Waals surface area contributed by atoms with Crippen molar-refractivity contribution < 1.29 is 4.79 Å². The number of carbonyl (C=O) groups is 1. The lowest BCUT2D eigenvalue weighted by atomic mass is 10.1. The zero-order valence-corrected chi connectivity index (χ0v) is 19.0. The fourth-order valence-electron chi connectivity index (χ4n) is 3.94. The van der Waals surface area contributed by atoms with E-state index in [0.717, 1.165) is 54.0 Å². The summed E-state index contributed by atoms with van der Waals surface area (Å²) in [7, 11) is 2.11. The number of piperazine rings is 1. The highest BCUT2D eigenvalue weighted by Crippen LogP contribution is 2.25. The molecule has 0 unspecified atom stereocenters. The van der Waals surface area contributed by atoms with Crippen LogP contribution in [-0.4, -0.2) is 63.8 Å². The number of fused-ring (bicyclic) bond motifs is 1. The average molecular weight is 459 g/mol. The molecule has 1 saturated heterocycles. The summed E-state index contributed by atoms with van der Waals surface area (Å²) in [5.41, 5.74) is 3.27. The van der Waals surface area contributed by atoms with E-state index < -0.39 is 0 Å². The minimum absolute atomic E-state index is 0.0256. The van der Waals surface area contributed by atoms with E-state index in [2.05, 4.69) is 36.8 Å². The van der Waals surface area contributed by atoms with Crippen LogP contribution >= 0.6 is 11.6 Å². The molecule has 3 aromatic heterocycles. The van der Waals surface area contributed by atoms with Crippen molar-refractivity contribution in [2.45, 2.75) is 6.42 Å². The van der Waals surface area contributed by atoms with Crippen LogP contribution in [0.3, 0.4) is 0 Å². The third-order valence-electron chi connectivity index (χ3n) is 5.88. The molecule has 8 heteroatoms. The minimum Gasteiger partial charge on any atom is -0.354 e. The molecule has 166 valence electrons. The number of hydrogen-bond donors (Lipinski definition) is 0. The Labute approximate surface area is 197 Å². The summed E-state index contributed by atoms with van der Waals surface area (Å²) in [5.74, 6) is 1.31. The van der Waals surface area contributed by atoms with Crippen molar-refractivity contribution >= 4 is 34.1 Å². The van der Waals surface area contributed by atoms with Gasteiger partial charge in [0.2, 0.25) is 0 Å².